The van der Waals surface area contributed by atoms with Gasteiger partial charge in [-0.1, -0.05) is 12.1 Å². The van der Waals surface area contributed by atoms with Gasteiger partial charge in [0.05, 0.1) is 0 Å². The number of nitrogens with zero attached hydrogens (tertiary/aromatic N) is 1. The fourth-order valence-electron chi connectivity index (χ4n) is 1.68. The number of rotatable bonds is 6. The molecule has 1 aromatic carbocycles. The Morgan fingerprint density at radius 2 is 1.83 bits per heavy atom. The number of hydrogen-bond donors (Lipinski definition) is 1. The fourth-order valence-corrected chi connectivity index (χ4v) is 1.68. The van der Waals surface area contributed by atoms with Crippen LogP contribution in [0.5, 0.6) is 5.75 Å². The van der Waals surface area contributed by atoms with Crippen molar-refractivity contribution in [1.29, 1.82) is 0 Å². The van der Waals surface area contributed by atoms with E-state index in [0.29, 0.717) is 18.8 Å². The molecule has 1 aromatic rings. The van der Waals surface area contributed by atoms with Gasteiger partial charge in [0.1, 0.15) is 5.75 Å². The molecule has 18 heavy (non-hydrogen) atoms. The number of amides is 1. The molecule has 0 aliphatic heterocycles. The highest BCUT2D eigenvalue weighted by molar-refractivity contribution is 5.77. The van der Waals surface area contributed by atoms with Crippen LogP contribution in [0.15, 0.2) is 24.3 Å². The topological polar surface area (TPSA) is 55.6 Å². The van der Waals surface area contributed by atoms with Gasteiger partial charge in [-0.05, 0) is 38.5 Å². The van der Waals surface area contributed by atoms with Crippen molar-refractivity contribution in [3.8, 4) is 5.75 Å². The molecule has 0 radical (unpaired) electrons. The molecule has 0 heterocycles. The monoisotopic (exact) mass is 250 g/mol. The van der Waals surface area contributed by atoms with Gasteiger partial charge >= 0.3 is 0 Å². The van der Waals surface area contributed by atoms with Crippen molar-refractivity contribution in [3.05, 3.63) is 29.8 Å². The third kappa shape index (κ3) is 4.04. The average Bonchev–Trinajstić information content (AvgIpc) is 2.38. The van der Waals surface area contributed by atoms with Crippen molar-refractivity contribution in [2.24, 2.45) is 5.73 Å². The Morgan fingerprint density at radius 1 is 1.28 bits per heavy atom. The number of nitrogens with two attached hydrogens (primary N) is 1. The van der Waals surface area contributed by atoms with Crippen LogP contribution in [0, 0.1) is 0 Å². The lowest BCUT2D eigenvalue weighted by Gasteiger charge is -2.18. The summed E-state index contributed by atoms with van der Waals surface area (Å²) in [5.74, 6) is 0.705. The van der Waals surface area contributed by atoms with Crippen LogP contribution >= 0.6 is 0 Å². The average molecular weight is 250 g/mol. The summed E-state index contributed by atoms with van der Waals surface area (Å²) < 4.78 is 5.46. The van der Waals surface area contributed by atoms with E-state index in [0.717, 1.165) is 5.56 Å². The SMILES string of the molecule is CCN(CC)C(=O)COc1ccc([C@@H](C)N)cc1. The standard InChI is InChI=1S/C14H22N2O2/c1-4-16(5-2)14(17)10-18-13-8-6-12(7-9-13)11(3)15/h6-9,11H,4-5,10,15H2,1-3H3/t11-/m1/s1. The maximum Gasteiger partial charge on any atom is 0.260 e. The van der Waals surface area contributed by atoms with E-state index in [4.69, 9.17) is 10.5 Å². The van der Waals surface area contributed by atoms with Gasteiger partial charge in [-0.3, -0.25) is 4.79 Å². The molecule has 0 unspecified atom stereocenters. The molecule has 100 valence electrons. The number of likely N-dealkylation sites (N-methyl/N-ethyl adjacent to an activating group) is 1. The zero-order chi connectivity index (χ0) is 13.5. The predicted octanol–water partition coefficient (Wildman–Crippen LogP) is 1.95. The molecule has 1 amide bonds. The summed E-state index contributed by atoms with van der Waals surface area (Å²) in [6.45, 7) is 7.35. The molecule has 0 aromatic heterocycles. The quantitative estimate of drug-likeness (QED) is 0.839. The predicted molar refractivity (Wildman–Crippen MR) is 72.5 cm³/mol. The van der Waals surface area contributed by atoms with E-state index >= 15 is 0 Å². The molecule has 1 rings (SSSR count). The van der Waals surface area contributed by atoms with Gasteiger partial charge in [0.15, 0.2) is 6.61 Å². The highest BCUT2D eigenvalue weighted by atomic mass is 16.5. The Morgan fingerprint density at radius 3 is 2.28 bits per heavy atom. The van der Waals surface area contributed by atoms with Crippen molar-refractivity contribution in [2.45, 2.75) is 26.8 Å². The molecule has 0 aliphatic carbocycles. The Bertz CT molecular complexity index is 370. The first kappa shape index (κ1) is 14.5. The van der Waals surface area contributed by atoms with Gasteiger partial charge < -0.3 is 15.4 Å². The molecule has 0 spiro atoms. The number of carbonyl (C=O) groups excluding carboxylic acids is 1. The summed E-state index contributed by atoms with van der Waals surface area (Å²) in [4.78, 5) is 13.5. The Balaban J connectivity index is 2.51. The highest BCUT2D eigenvalue weighted by Gasteiger charge is 2.10. The van der Waals surface area contributed by atoms with Crippen LogP contribution < -0.4 is 10.5 Å². The van der Waals surface area contributed by atoms with Crippen molar-refractivity contribution in [1.82, 2.24) is 4.90 Å². The first-order chi connectivity index (χ1) is 8.58. The van der Waals surface area contributed by atoms with E-state index in [2.05, 4.69) is 0 Å². The number of carbonyl (C=O) groups is 1. The summed E-state index contributed by atoms with van der Waals surface area (Å²) >= 11 is 0. The number of hydrogen-bond acceptors (Lipinski definition) is 3. The van der Waals surface area contributed by atoms with E-state index in [1.807, 2.05) is 45.0 Å². The molecule has 0 aliphatic rings. The molecular formula is C14H22N2O2. The van der Waals surface area contributed by atoms with E-state index < -0.39 is 0 Å². The Kier molecular flexibility index (Phi) is 5.65. The normalized spacial score (nSPS) is 12.0. The summed E-state index contributed by atoms with van der Waals surface area (Å²) in [6.07, 6.45) is 0. The lowest BCUT2D eigenvalue weighted by atomic mass is 10.1. The molecule has 0 fully saturated rings. The molecule has 1 atom stereocenters. The molecule has 0 bridgehead atoms. The zero-order valence-corrected chi connectivity index (χ0v) is 11.3. The van der Waals surface area contributed by atoms with Crippen molar-refractivity contribution in [2.75, 3.05) is 19.7 Å². The molecule has 0 saturated carbocycles. The second-order valence-corrected chi connectivity index (χ2v) is 4.21. The first-order valence-corrected chi connectivity index (χ1v) is 6.34. The van der Waals surface area contributed by atoms with Crippen molar-refractivity contribution >= 4 is 5.91 Å². The van der Waals surface area contributed by atoms with Crippen molar-refractivity contribution < 1.29 is 9.53 Å². The minimum Gasteiger partial charge on any atom is -0.484 e. The van der Waals surface area contributed by atoms with E-state index in [-0.39, 0.29) is 18.6 Å². The smallest absolute Gasteiger partial charge is 0.260 e. The van der Waals surface area contributed by atoms with Gasteiger partial charge in [-0.25, -0.2) is 0 Å². The minimum absolute atomic E-state index is 0.0104. The van der Waals surface area contributed by atoms with Crippen LogP contribution in [0.1, 0.15) is 32.4 Å². The third-order valence-corrected chi connectivity index (χ3v) is 2.88. The maximum atomic E-state index is 11.7. The summed E-state index contributed by atoms with van der Waals surface area (Å²) in [5, 5.41) is 0. The summed E-state index contributed by atoms with van der Waals surface area (Å²) in [7, 11) is 0. The second-order valence-electron chi connectivity index (χ2n) is 4.21. The van der Waals surface area contributed by atoms with E-state index in [1.54, 1.807) is 4.90 Å². The van der Waals surface area contributed by atoms with Crippen LogP contribution in [0.25, 0.3) is 0 Å². The molecule has 4 nitrogen and oxygen atoms in total. The van der Waals surface area contributed by atoms with Crippen molar-refractivity contribution in [3.63, 3.8) is 0 Å². The van der Waals surface area contributed by atoms with Crippen LogP contribution in [-0.2, 0) is 4.79 Å². The van der Waals surface area contributed by atoms with E-state index in [1.165, 1.54) is 0 Å². The van der Waals surface area contributed by atoms with E-state index in [9.17, 15) is 4.79 Å². The Labute approximate surface area is 109 Å². The maximum absolute atomic E-state index is 11.7. The largest absolute Gasteiger partial charge is 0.484 e. The lowest BCUT2D eigenvalue weighted by Crippen LogP contribution is -2.34. The second kappa shape index (κ2) is 7.01. The third-order valence-electron chi connectivity index (χ3n) is 2.88. The van der Waals surface area contributed by atoms with Gasteiger partial charge in [0.2, 0.25) is 0 Å². The van der Waals surface area contributed by atoms with Gasteiger partial charge in [-0.2, -0.15) is 0 Å². The van der Waals surface area contributed by atoms with Gasteiger partial charge in [-0.15, -0.1) is 0 Å². The molecule has 4 heteroatoms. The van der Waals surface area contributed by atoms with Crippen LogP contribution in [0.3, 0.4) is 0 Å². The number of benzene rings is 1. The zero-order valence-electron chi connectivity index (χ0n) is 11.3. The first-order valence-electron chi connectivity index (χ1n) is 6.34. The van der Waals surface area contributed by atoms with Crippen LogP contribution in [0.4, 0.5) is 0 Å². The minimum atomic E-state index is 0.0104. The Hall–Kier alpha value is -1.55. The van der Waals surface area contributed by atoms with Gasteiger partial charge in [0.25, 0.3) is 5.91 Å². The highest BCUT2D eigenvalue weighted by Crippen LogP contribution is 2.16. The van der Waals surface area contributed by atoms with Gasteiger partial charge in [0, 0.05) is 19.1 Å². The van der Waals surface area contributed by atoms with Crippen LogP contribution in [-0.4, -0.2) is 30.5 Å². The molecular weight excluding hydrogens is 228 g/mol. The number of ether oxygens (including phenoxy) is 1. The fraction of sp³-hybridized carbons (Fsp3) is 0.500. The lowest BCUT2D eigenvalue weighted by molar-refractivity contribution is -0.132. The van der Waals surface area contributed by atoms with Crippen LogP contribution in [0.2, 0.25) is 0 Å². The summed E-state index contributed by atoms with van der Waals surface area (Å²) in [6, 6.07) is 7.53. The summed E-state index contributed by atoms with van der Waals surface area (Å²) in [5.41, 5.74) is 6.81. The molecule has 0 saturated heterocycles. The molecule has 2 N–H and O–H groups in total.